The van der Waals surface area contributed by atoms with Gasteiger partial charge in [-0.1, -0.05) is 62.2 Å². The molecular formula is C24H30Cl2N2O4S. The number of nitrogens with one attached hydrogen (secondary N) is 1. The lowest BCUT2D eigenvalue weighted by Crippen LogP contribution is -2.52. The summed E-state index contributed by atoms with van der Waals surface area (Å²) in [6.07, 6.45) is 3.51. The van der Waals surface area contributed by atoms with Crippen LogP contribution in [0.15, 0.2) is 42.5 Å². The molecule has 3 rings (SSSR count). The number of anilines is 1. The predicted molar refractivity (Wildman–Crippen MR) is 134 cm³/mol. The number of ether oxygens (including phenoxy) is 1. The van der Waals surface area contributed by atoms with E-state index in [9.17, 15) is 13.2 Å². The predicted octanol–water partition coefficient (Wildman–Crippen LogP) is 5.74. The summed E-state index contributed by atoms with van der Waals surface area (Å²) in [5.74, 6) is 0.356. The second-order valence-electron chi connectivity index (χ2n) is 8.41. The van der Waals surface area contributed by atoms with Crippen LogP contribution in [0.25, 0.3) is 0 Å². The Morgan fingerprint density at radius 1 is 1.15 bits per heavy atom. The number of carbonyl (C=O) groups is 1. The van der Waals surface area contributed by atoms with Crippen LogP contribution >= 0.6 is 23.2 Å². The summed E-state index contributed by atoms with van der Waals surface area (Å²) >= 11 is 12.3. The van der Waals surface area contributed by atoms with Crippen molar-refractivity contribution in [1.29, 1.82) is 0 Å². The SMILES string of the molecule is CC[C@@H](C(=O)N[C@@H]1CC(CC)(CC)Oc2ccccc21)N(c1cc(Cl)cc(Cl)c1)S(C)(=O)=O. The van der Waals surface area contributed by atoms with Crippen LogP contribution in [0, 0.1) is 0 Å². The third-order valence-corrected chi connectivity index (χ3v) is 7.85. The molecule has 2 aromatic rings. The summed E-state index contributed by atoms with van der Waals surface area (Å²) in [4.78, 5) is 13.5. The number of hydrogen-bond donors (Lipinski definition) is 1. The molecule has 180 valence electrons. The van der Waals surface area contributed by atoms with Gasteiger partial charge in [0.1, 0.15) is 17.4 Å². The largest absolute Gasteiger partial charge is 0.487 e. The van der Waals surface area contributed by atoms with Crippen LogP contribution in [0.2, 0.25) is 10.0 Å². The second kappa shape index (κ2) is 10.1. The standard InChI is InChI=1S/C24H30Cl2N2O4S/c1-5-21(28(33(4,30)31)18-13-16(25)12-17(26)14-18)23(29)27-20-15-24(6-2,7-3)32-22-11-9-8-10-19(20)22/h8-14,20-21H,5-7,15H2,1-4H3,(H,27,29)/t20-,21+/m1/s1. The fourth-order valence-electron chi connectivity index (χ4n) is 4.42. The third-order valence-electron chi connectivity index (χ3n) is 6.23. The fraction of sp³-hybridized carbons (Fsp3) is 0.458. The minimum Gasteiger partial charge on any atom is -0.487 e. The van der Waals surface area contributed by atoms with Crippen molar-refractivity contribution in [3.8, 4) is 5.75 Å². The van der Waals surface area contributed by atoms with E-state index in [0.29, 0.717) is 6.42 Å². The molecule has 0 saturated carbocycles. The van der Waals surface area contributed by atoms with Crippen molar-refractivity contribution in [2.24, 2.45) is 0 Å². The molecule has 33 heavy (non-hydrogen) atoms. The van der Waals surface area contributed by atoms with Crippen molar-refractivity contribution in [3.63, 3.8) is 0 Å². The first-order chi connectivity index (χ1) is 15.5. The number of carbonyl (C=O) groups excluding carboxylic acids is 1. The molecule has 0 aliphatic carbocycles. The molecule has 0 bridgehead atoms. The van der Waals surface area contributed by atoms with Crippen LogP contribution in [0.3, 0.4) is 0 Å². The van der Waals surface area contributed by atoms with E-state index in [2.05, 4.69) is 19.2 Å². The Labute approximate surface area is 206 Å². The molecule has 0 radical (unpaired) electrons. The zero-order valence-electron chi connectivity index (χ0n) is 19.3. The maximum absolute atomic E-state index is 13.5. The van der Waals surface area contributed by atoms with Gasteiger partial charge in [-0.3, -0.25) is 9.10 Å². The Morgan fingerprint density at radius 3 is 2.30 bits per heavy atom. The van der Waals surface area contributed by atoms with Crippen LogP contribution in [-0.2, 0) is 14.8 Å². The first kappa shape index (κ1) is 25.7. The highest BCUT2D eigenvalue weighted by Crippen LogP contribution is 2.42. The van der Waals surface area contributed by atoms with Crippen molar-refractivity contribution in [1.82, 2.24) is 5.32 Å². The van der Waals surface area contributed by atoms with Gasteiger partial charge in [0.2, 0.25) is 15.9 Å². The summed E-state index contributed by atoms with van der Waals surface area (Å²) in [5, 5.41) is 3.68. The van der Waals surface area contributed by atoms with Gasteiger partial charge in [-0.05, 0) is 43.5 Å². The van der Waals surface area contributed by atoms with Crippen LogP contribution in [-0.4, -0.2) is 32.2 Å². The van der Waals surface area contributed by atoms with Gasteiger partial charge >= 0.3 is 0 Å². The summed E-state index contributed by atoms with van der Waals surface area (Å²) in [5.41, 5.74) is 0.737. The number of rotatable bonds is 8. The lowest BCUT2D eigenvalue weighted by Gasteiger charge is -2.42. The molecule has 1 aliphatic rings. The molecule has 0 spiro atoms. The zero-order valence-corrected chi connectivity index (χ0v) is 21.6. The molecule has 1 heterocycles. The molecule has 2 atom stereocenters. The highest BCUT2D eigenvalue weighted by molar-refractivity contribution is 7.92. The van der Waals surface area contributed by atoms with Crippen LogP contribution < -0.4 is 14.4 Å². The molecular weight excluding hydrogens is 483 g/mol. The first-order valence-corrected chi connectivity index (χ1v) is 13.7. The Hall–Kier alpha value is -1.96. The number of para-hydroxylation sites is 1. The normalized spacial score (nSPS) is 18.1. The summed E-state index contributed by atoms with van der Waals surface area (Å²) in [6.45, 7) is 5.91. The number of halogens is 2. The molecule has 1 aliphatic heterocycles. The maximum Gasteiger partial charge on any atom is 0.244 e. The minimum absolute atomic E-state index is 0.251. The van der Waals surface area contributed by atoms with E-state index in [-0.39, 0.29) is 34.1 Å². The van der Waals surface area contributed by atoms with Crippen LogP contribution in [0.1, 0.15) is 58.1 Å². The maximum atomic E-state index is 13.5. The highest BCUT2D eigenvalue weighted by Gasteiger charge is 2.40. The van der Waals surface area contributed by atoms with Crippen molar-refractivity contribution >= 4 is 44.8 Å². The third kappa shape index (κ3) is 5.58. The molecule has 0 aromatic heterocycles. The van der Waals surface area contributed by atoms with Crippen LogP contribution in [0.4, 0.5) is 5.69 Å². The lowest BCUT2D eigenvalue weighted by molar-refractivity contribution is -0.123. The molecule has 0 saturated heterocycles. The molecule has 1 amide bonds. The smallest absolute Gasteiger partial charge is 0.244 e. The van der Waals surface area contributed by atoms with Gasteiger partial charge in [0.15, 0.2) is 0 Å². The van der Waals surface area contributed by atoms with E-state index in [1.54, 1.807) is 6.92 Å². The number of benzene rings is 2. The van der Waals surface area contributed by atoms with Gasteiger partial charge in [-0.25, -0.2) is 8.42 Å². The number of amides is 1. The number of sulfonamides is 1. The summed E-state index contributed by atoms with van der Waals surface area (Å²) in [7, 11) is -3.81. The minimum atomic E-state index is -3.81. The van der Waals surface area contributed by atoms with E-state index in [1.807, 2.05) is 24.3 Å². The molecule has 9 heteroatoms. The number of hydrogen-bond acceptors (Lipinski definition) is 4. The Balaban J connectivity index is 1.98. The number of fused-ring (bicyclic) bond motifs is 1. The first-order valence-electron chi connectivity index (χ1n) is 11.1. The topological polar surface area (TPSA) is 75.7 Å². The summed E-state index contributed by atoms with van der Waals surface area (Å²) in [6, 6.07) is 10.9. The van der Waals surface area contributed by atoms with Crippen molar-refractivity contribution in [2.45, 2.75) is 64.1 Å². The average molecular weight is 513 g/mol. The van der Waals surface area contributed by atoms with Crippen molar-refractivity contribution in [2.75, 3.05) is 10.6 Å². The quantitative estimate of drug-likeness (QED) is 0.489. The van der Waals surface area contributed by atoms with Crippen LogP contribution in [0.5, 0.6) is 5.75 Å². The van der Waals surface area contributed by atoms with E-state index in [0.717, 1.165) is 34.7 Å². The Bertz CT molecular complexity index is 1100. The van der Waals surface area contributed by atoms with Gasteiger partial charge in [-0.15, -0.1) is 0 Å². The molecule has 0 fully saturated rings. The van der Waals surface area contributed by atoms with Gasteiger partial charge in [-0.2, -0.15) is 0 Å². The van der Waals surface area contributed by atoms with Gasteiger partial charge in [0.05, 0.1) is 18.0 Å². The van der Waals surface area contributed by atoms with E-state index < -0.39 is 21.7 Å². The van der Waals surface area contributed by atoms with Gasteiger partial charge < -0.3 is 10.1 Å². The molecule has 0 unspecified atom stereocenters. The van der Waals surface area contributed by atoms with Gasteiger partial charge in [0.25, 0.3) is 0 Å². The fourth-order valence-corrected chi connectivity index (χ4v) is 6.13. The second-order valence-corrected chi connectivity index (χ2v) is 11.1. The number of nitrogens with zero attached hydrogens (tertiary/aromatic N) is 1. The monoisotopic (exact) mass is 512 g/mol. The molecule has 6 nitrogen and oxygen atoms in total. The zero-order chi connectivity index (χ0) is 24.4. The molecule has 1 N–H and O–H groups in total. The average Bonchev–Trinajstić information content (AvgIpc) is 2.75. The Morgan fingerprint density at radius 2 is 1.76 bits per heavy atom. The van der Waals surface area contributed by atoms with Crippen molar-refractivity contribution < 1.29 is 17.9 Å². The van der Waals surface area contributed by atoms with Crippen molar-refractivity contribution in [3.05, 3.63) is 58.1 Å². The van der Waals surface area contributed by atoms with E-state index in [4.69, 9.17) is 27.9 Å². The lowest BCUT2D eigenvalue weighted by atomic mass is 9.83. The summed E-state index contributed by atoms with van der Waals surface area (Å²) < 4.78 is 33.0. The Kier molecular flexibility index (Phi) is 7.87. The highest BCUT2D eigenvalue weighted by atomic mass is 35.5. The van der Waals surface area contributed by atoms with E-state index in [1.165, 1.54) is 18.2 Å². The van der Waals surface area contributed by atoms with Gasteiger partial charge in [0, 0.05) is 22.0 Å². The molecule has 2 aromatic carbocycles. The van der Waals surface area contributed by atoms with E-state index >= 15 is 0 Å².